The molecule has 0 aromatic rings. The van der Waals surface area contributed by atoms with Crippen LogP contribution in [0.5, 0.6) is 0 Å². The summed E-state index contributed by atoms with van der Waals surface area (Å²) in [7, 11) is 0. The van der Waals surface area contributed by atoms with Gasteiger partial charge in [0.15, 0.2) is 0 Å². The van der Waals surface area contributed by atoms with Crippen LogP contribution in [0.4, 0.5) is 0 Å². The van der Waals surface area contributed by atoms with E-state index in [1.54, 1.807) is 0 Å². The molecule has 0 amide bonds. The number of rotatable bonds is 6. The van der Waals surface area contributed by atoms with Crippen molar-refractivity contribution in [3.05, 3.63) is 0 Å². The Labute approximate surface area is 107 Å². The van der Waals surface area contributed by atoms with Crippen LogP contribution in [0, 0.1) is 5.92 Å². The van der Waals surface area contributed by atoms with Crippen LogP contribution in [0.1, 0.15) is 40.5 Å². The van der Waals surface area contributed by atoms with Gasteiger partial charge in [-0.2, -0.15) is 0 Å². The van der Waals surface area contributed by atoms with E-state index in [4.69, 9.17) is 4.74 Å². The van der Waals surface area contributed by atoms with Crippen molar-refractivity contribution in [2.45, 2.75) is 46.1 Å². The molecule has 102 valence electrons. The first-order valence-electron chi connectivity index (χ1n) is 7.08. The van der Waals surface area contributed by atoms with Gasteiger partial charge in [-0.1, -0.05) is 6.92 Å². The highest BCUT2D eigenvalue weighted by Crippen LogP contribution is 2.13. The van der Waals surface area contributed by atoms with Crippen LogP contribution in [0.15, 0.2) is 0 Å². The molecule has 1 aliphatic heterocycles. The van der Waals surface area contributed by atoms with E-state index < -0.39 is 0 Å². The second kappa shape index (κ2) is 7.34. The molecule has 0 saturated carbocycles. The van der Waals surface area contributed by atoms with Crippen LogP contribution in [0.3, 0.4) is 0 Å². The molecule has 17 heavy (non-hydrogen) atoms. The molecule has 0 atom stereocenters. The van der Waals surface area contributed by atoms with Crippen molar-refractivity contribution in [3.8, 4) is 0 Å². The van der Waals surface area contributed by atoms with Crippen LogP contribution in [-0.4, -0.2) is 49.8 Å². The standard InChI is InChI=1S/C14H30N2O/c1-5-16(10-11-17-14(2,3)4)12-13-6-8-15-9-7-13/h13,15H,5-12H2,1-4H3. The SMILES string of the molecule is CCN(CCOC(C)(C)C)CC1CCNCC1. The monoisotopic (exact) mass is 242 g/mol. The Morgan fingerprint density at radius 1 is 1.24 bits per heavy atom. The zero-order valence-electron chi connectivity index (χ0n) is 12.1. The maximum Gasteiger partial charge on any atom is 0.0600 e. The van der Waals surface area contributed by atoms with E-state index >= 15 is 0 Å². The molecule has 1 aliphatic rings. The molecule has 1 N–H and O–H groups in total. The topological polar surface area (TPSA) is 24.5 Å². The van der Waals surface area contributed by atoms with Crippen molar-refractivity contribution in [1.29, 1.82) is 0 Å². The van der Waals surface area contributed by atoms with Gasteiger partial charge in [-0.05, 0) is 59.2 Å². The van der Waals surface area contributed by atoms with Gasteiger partial charge in [0, 0.05) is 13.1 Å². The smallest absolute Gasteiger partial charge is 0.0600 e. The normalized spacial score (nSPS) is 18.9. The van der Waals surface area contributed by atoms with Crippen LogP contribution < -0.4 is 5.32 Å². The molecule has 3 nitrogen and oxygen atoms in total. The first kappa shape index (κ1) is 14.9. The van der Waals surface area contributed by atoms with Gasteiger partial charge in [0.05, 0.1) is 12.2 Å². The Bertz CT molecular complexity index is 195. The predicted molar refractivity (Wildman–Crippen MR) is 73.4 cm³/mol. The van der Waals surface area contributed by atoms with Gasteiger partial charge in [0.1, 0.15) is 0 Å². The van der Waals surface area contributed by atoms with Gasteiger partial charge in [0.25, 0.3) is 0 Å². The Morgan fingerprint density at radius 2 is 1.88 bits per heavy atom. The summed E-state index contributed by atoms with van der Waals surface area (Å²) >= 11 is 0. The zero-order chi connectivity index (χ0) is 12.7. The van der Waals surface area contributed by atoms with E-state index in [1.165, 1.54) is 32.5 Å². The van der Waals surface area contributed by atoms with Gasteiger partial charge in [0.2, 0.25) is 0 Å². The number of likely N-dealkylation sites (N-methyl/N-ethyl adjacent to an activating group) is 1. The molecule has 0 aliphatic carbocycles. The first-order valence-corrected chi connectivity index (χ1v) is 7.08. The summed E-state index contributed by atoms with van der Waals surface area (Å²) in [6, 6.07) is 0. The van der Waals surface area contributed by atoms with Crippen LogP contribution >= 0.6 is 0 Å². The Kier molecular flexibility index (Phi) is 6.45. The molecule has 0 bridgehead atoms. The van der Waals surface area contributed by atoms with Crippen LogP contribution in [0.2, 0.25) is 0 Å². The third-order valence-electron chi connectivity index (χ3n) is 3.36. The molecule has 0 aromatic heterocycles. The van der Waals surface area contributed by atoms with Crippen molar-refractivity contribution in [2.24, 2.45) is 5.92 Å². The molecule has 1 fully saturated rings. The number of hydrogen-bond donors (Lipinski definition) is 1. The van der Waals surface area contributed by atoms with E-state index in [-0.39, 0.29) is 5.60 Å². The molecule has 0 unspecified atom stereocenters. The maximum absolute atomic E-state index is 5.80. The summed E-state index contributed by atoms with van der Waals surface area (Å²) in [5.74, 6) is 0.880. The van der Waals surface area contributed by atoms with Crippen molar-refractivity contribution in [2.75, 3.05) is 39.3 Å². The van der Waals surface area contributed by atoms with Gasteiger partial charge < -0.3 is 15.0 Å². The van der Waals surface area contributed by atoms with E-state index in [9.17, 15) is 0 Å². The van der Waals surface area contributed by atoms with Crippen molar-refractivity contribution >= 4 is 0 Å². The molecular formula is C14H30N2O. The average Bonchev–Trinajstić information content (AvgIpc) is 2.27. The van der Waals surface area contributed by atoms with E-state index in [0.29, 0.717) is 0 Å². The highest BCUT2D eigenvalue weighted by molar-refractivity contribution is 4.72. The lowest BCUT2D eigenvalue weighted by Gasteiger charge is -2.30. The number of hydrogen-bond acceptors (Lipinski definition) is 3. The molecular weight excluding hydrogens is 212 g/mol. The summed E-state index contributed by atoms with van der Waals surface area (Å²) in [5.41, 5.74) is -0.00578. The summed E-state index contributed by atoms with van der Waals surface area (Å²) in [6.45, 7) is 15.3. The molecule has 1 heterocycles. The molecule has 1 saturated heterocycles. The Hall–Kier alpha value is -0.120. The van der Waals surface area contributed by atoms with Crippen molar-refractivity contribution in [1.82, 2.24) is 10.2 Å². The van der Waals surface area contributed by atoms with E-state index in [2.05, 4.69) is 37.9 Å². The highest BCUT2D eigenvalue weighted by Gasteiger charge is 2.17. The van der Waals surface area contributed by atoms with E-state index in [0.717, 1.165) is 25.6 Å². The summed E-state index contributed by atoms with van der Waals surface area (Å²) in [5, 5.41) is 3.43. The fraction of sp³-hybridized carbons (Fsp3) is 1.00. The zero-order valence-corrected chi connectivity index (χ0v) is 12.1. The minimum absolute atomic E-state index is 0.00578. The van der Waals surface area contributed by atoms with Crippen molar-refractivity contribution in [3.63, 3.8) is 0 Å². The minimum Gasteiger partial charge on any atom is -0.375 e. The lowest BCUT2D eigenvalue weighted by Crippen LogP contribution is -2.38. The summed E-state index contributed by atoms with van der Waals surface area (Å²) < 4.78 is 5.80. The maximum atomic E-state index is 5.80. The van der Waals surface area contributed by atoms with Gasteiger partial charge >= 0.3 is 0 Å². The number of ether oxygens (including phenoxy) is 1. The number of piperidine rings is 1. The Morgan fingerprint density at radius 3 is 2.41 bits per heavy atom. The van der Waals surface area contributed by atoms with E-state index in [1.807, 2.05) is 0 Å². The molecule has 3 heteroatoms. The summed E-state index contributed by atoms with van der Waals surface area (Å²) in [4.78, 5) is 2.53. The predicted octanol–water partition coefficient (Wildman–Crippen LogP) is 2.12. The van der Waals surface area contributed by atoms with Crippen LogP contribution in [-0.2, 0) is 4.74 Å². The van der Waals surface area contributed by atoms with Crippen LogP contribution in [0.25, 0.3) is 0 Å². The quantitative estimate of drug-likeness (QED) is 0.772. The lowest BCUT2D eigenvalue weighted by atomic mass is 9.97. The van der Waals surface area contributed by atoms with Gasteiger partial charge in [-0.3, -0.25) is 0 Å². The highest BCUT2D eigenvalue weighted by atomic mass is 16.5. The minimum atomic E-state index is -0.00578. The molecule has 0 radical (unpaired) electrons. The third-order valence-corrected chi connectivity index (χ3v) is 3.36. The second-order valence-electron chi connectivity index (χ2n) is 6.05. The molecule has 0 spiro atoms. The number of nitrogens with one attached hydrogen (secondary N) is 1. The second-order valence-corrected chi connectivity index (χ2v) is 6.05. The fourth-order valence-electron chi connectivity index (χ4n) is 2.29. The molecule has 0 aromatic carbocycles. The number of nitrogens with zero attached hydrogens (tertiary/aromatic N) is 1. The third kappa shape index (κ3) is 7.02. The Balaban J connectivity index is 2.18. The van der Waals surface area contributed by atoms with Gasteiger partial charge in [-0.25, -0.2) is 0 Å². The van der Waals surface area contributed by atoms with Gasteiger partial charge in [-0.15, -0.1) is 0 Å². The lowest BCUT2D eigenvalue weighted by molar-refractivity contribution is -0.0143. The first-order chi connectivity index (χ1) is 8.01. The fourth-order valence-corrected chi connectivity index (χ4v) is 2.29. The summed E-state index contributed by atoms with van der Waals surface area (Å²) in [6.07, 6.45) is 2.66. The average molecular weight is 242 g/mol. The molecule has 1 rings (SSSR count). The van der Waals surface area contributed by atoms with Crippen molar-refractivity contribution < 1.29 is 4.74 Å². The largest absolute Gasteiger partial charge is 0.375 e.